The van der Waals surface area contributed by atoms with E-state index in [-0.39, 0.29) is 11.3 Å². The van der Waals surface area contributed by atoms with Crippen molar-refractivity contribution >= 4 is 11.7 Å². The minimum atomic E-state index is -1.05. The zero-order valence-corrected chi connectivity index (χ0v) is 23.0. The third kappa shape index (κ3) is 5.59. The molecule has 2 aliphatic rings. The van der Waals surface area contributed by atoms with Crippen LogP contribution in [0.15, 0.2) is 48.9 Å². The number of rotatable bonds is 5. The van der Waals surface area contributed by atoms with Crippen LogP contribution in [0.1, 0.15) is 44.9 Å². The number of nitrogens with zero attached hydrogens (tertiary/aromatic N) is 7. The molecule has 0 aliphatic carbocycles. The molecule has 5 rings (SSSR count). The normalized spacial score (nSPS) is 18.6. The number of piperidine rings is 1. The molecule has 9 heteroatoms. The molecular weight excluding hydrogens is 478 g/mol. The van der Waals surface area contributed by atoms with Crippen LogP contribution in [0.3, 0.4) is 0 Å². The molecule has 0 radical (unpaired) electrons. The molecule has 2 fully saturated rings. The first-order valence-corrected chi connectivity index (χ1v) is 13.5. The van der Waals surface area contributed by atoms with Gasteiger partial charge in [0.2, 0.25) is 5.91 Å². The van der Waals surface area contributed by atoms with E-state index in [0.717, 1.165) is 43.5 Å². The van der Waals surface area contributed by atoms with E-state index in [1.165, 1.54) is 5.56 Å². The maximum atomic E-state index is 13.1. The lowest BCUT2D eigenvalue weighted by Crippen LogP contribution is -2.52. The van der Waals surface area contributed by atoms with Crippen LogP contribution in [0, 0.1) is 0 Å². The molecule has 3 aromatic rings. The van der Waals surface area contributed by atoms with E-state index in [1.54, 1.807) is 0 Å². The van der Waals surface area contributed by atoms with Crippen LogP contribution >= 0.6 is 0 Å². The van der Waals surface area contributed by atoms with Gasteiger partial charge in [0, 0.05) is 64.9 Å². The number of pyridine rings is 2. The molecule has 0 unspecified atom stereocenters. The molecule has 1 N–H and O–H groups in total. The molecule has 3 aromatic heterocycles. The second-order valence-corrected chi connectivity index (χ2v) is 11.6. The summed E-state index contributed by atoms with van der Waals surface area (Å²) in [6.07, 6.45) is 6.56. The van der Waals surface area contributed by atoms with Gasteiger partial charge in [-0.3, -0.25) is 14.7 Å². The van der Waals surface area contributed by atoms with Gasteiger partial charge >= 0.3 is 0 Å². The summed E-state index contributed by atoms with van der Waals surface area (Å²) < 4.78 is 1.93. The molecule has 38 heavy (non-hydrogen) atoms. The van der Waals surface area contributed by atoms with Gasteiger partial charge in [0.25, 0.3) is 0 Å². The fourth-order valence-electron chi connectivity index (χ4n) is 5.25. The van der Waals surface area contributed by atoms with Crippen LogP contribution in [-0.4, -0.2) is 86.1 Å². The van der Waals surface area contributed by atoms with Gasteiger partial charge in [0.15, 0.2) is 5.82 Å². The van der Waals surface area contributed by atoms with Crippen molar-refractivity contribution in [2.75, 3.05) is 50.7 Å². The number of aliphatic hydroxyl groups is 1. The predicted octanol–water partition coefficient (Wildman–Crippen LogP) is 2.81. The van der Waals surface area contributed by atoms with Gasteiger partial charge in [-0.15, -0.1) is 0 Å². The Morgan fingerprint density at radius 2 is 1.74 bits per heavy atom. The van der Waals surface area contributed by atoms with Gasteiger partial charge in [-0.25, -0.2) is 9.97 Å². The van der Waals surface area contributed by atoms with E-state index in [4.69, 9.17) is 4.98 Å². The van der Waals surface area contributed by atoms with Crippen LogP contribution in [-0.2, 0) is 22.9 Å². The fourth-order valence-corrected chi connectivity index (χ4v) is 5.25. The molecule has 202 valence electrons. The quantitative estimate of drug-likeness (QED) is 0.557. The minimum absolute atomic E-state index is 0.0346. The number of hydrogen-bond donors (Lipinski definition) is 1. The molecule has 0 saturated carbocycles. The highest BCUT2D eigenvalue weighted by Crippen LogP contribution is 2.34. The largest absolute Gasteiger partial charge is 0.383 e. The van der Waals surface area contributed by atoms with Gasteiger partial charge in [-0.2, -0.15) is 0 Å². The van der Waals surface area contributed by atoms with Gasteiger partial charge in [-0.1, -0.05) is 32.9 Å². The molecule has 1 amide bonds. The number of piperazine rings is 1. The molecule has 0 spiro atoms. The Bertz CT molecular complexity index is 1230. The number of imidazole rings is 1. The van der Waals surface area contributed by atoms with Gasteiger partial charge < -0.3 is 19.5 Å². The Morgan fingerprint density at radius 1 is 1.00 bits per heavy atom. The van der Waals surface area contributed by atoms with Crippen molar-refractivity contribution in [1.82, 2.24) is 29.3 Å². The third-order valence-electron chi connectivity index (χ3n) is 7.86. The summed E-state index contributed by atoms with van der Waals surface area (Å²) in [5.41, 5.74) is 1.58. The lowest BCUT2D eigenvalue weighted by Gasteiger charge is -2.39. The summed E-state index contributed by atoms with van der Waals surface area (Å²) in [7, 11) is 1.93. The zero-order chi connectivity index (χ0) is 26.9. The highest BCUT2D eigenvalue weighted by molar-refractivity contribution is 5.78. The maximum absolute atomic E-state index is 13.1. The van der Waals surface area contributed by atoms with E-state index >= 15 is 0 Å². The Balaban J connectivity index is 1.16. The van der Waals surface area contributed by atoms with Crippen LogP contribution in [0.25, 0.3) is 11.5 Å². The number of hydrogen-bond acceptors (Lipinski definition) is 7. The molecular formula is C29H39N7O2. The first kappa shape index (κ1) is 26.3. The Morgan fingerprint density at radius 3 is 2.34 bits per heavy atom. The second kappa shape index (κ2) is 10.5. The average molecular weight is 518 g/mol. The van der Waals surface area contributed by atoms with Crippen molar-refractivity contribution in [3.63, 3.8) is 0 Å². The average Bonchev–Trinajstić information content (AvgIpc) is 3.32. The SMILES string of the molecule is Cn1cc(C2(O)CCN(C(=O)CN3CCN(c4ccccn4)CC3)CC2)nc1-c1ccc(C(C)(C)C)cn1. The molecule has 2 aliphatic heterocycles. The van der Waals surface area contributed by atoms with E-state index in [2.05, 4.69) is 46.6 Å². The molecule has 0 bridgehead atoms. The molecule has 5 heterocycles. The fraction of sp³-hybridized carbons (Fsp3) is 0.517. The monoisotopic (exact) mass is 517 g/mol. The van der Waals surface area contributed by atoms with Gasteiger partial charge in [0.1, 0.15) is 17.1 Å². The van der Waals surface area contributed by atoms with Crippen LogP contribution in [0.2, 0.25) is 0 Å². The van der Waals surface area contributed by atoms with Crippen molar-refractivity contribution < 1.29 is 9.90 Å². The minimum Gasteiger partial charge on any atom is -0.383 e. The standard InChI is InChI=1S/C29H39N7O2/c1-28(2,3)22-8-9-23(31-19-22)27-32-24(20-33(27)4)29(38)10-13-36(14-11-29)26(37)21-34-15-17-35(18-16-34)25-7-5-6-12-30-25/h5-9,12,19-20,38H,10-11,13-18,21H2,1-4H3. The maximum Gasteiger partial charge on any atom is 0.236 e. The van der Waals surface area contributed by atoms with Crippen LogP contribution in [0.4, 0.5) is 5.82 Å². The molecule has 9 nitrogen and oxygen atoms in total. The van der Waals surface area contributed by atoms with Crippen LogP contribution < -0.4 is 4.90 Å². The van der Waals surface area contributed by atoms with E-state index in [1.807, 2.05) is 59.4 Å². The zero-order valence-electron chi connectivity index (χ0n) is 23.0. The Kier molecular flexibility index (Phi) is 7.24. The van der Waals surface area contributed by atoms with Crippen LogP contribution in [0.5, 0.6) is 0 Å². The molecule has 0 aromatic carbocycles. The number of carbonyl (C=O) groups is 1. The highest BCUT2D eigenvalue weighted by Gasteiger charge is 2.38. The number of likely N-dealkylation sites (tertiary alicyclic amines) is 1. The molecule has 2 saturated heterocycles. The number of aromatic nitrogens is 4. The lowest BCUT2D eigenvalue weighted by atomic mass is 9.88. The van der Waals surface area contributed by atoms with E-state index < -0.39 is 5.60 Å². The highest BCUT2D eigenvalue weighted by atomic mass is 16.3. The van der Waals surface area contributed by atoms with Crippen molar-refractivity contribution in [3.8, 4) is 11.5 Å². The first-order valence-electron chi connectivity index (χ1n) is 13.5. The van der Waals surface area contributed by atoms with Gasteiger partial charge in [-0.05, 0) is 42.0 Å². The van der Waals surface area contributed by atoms with Crippen molar-refractivity contribution in [3.05, 3.63) is 60.2 Å². The number of anilines is 1. The second-order valence-electron chi connectivity index (χ2n) is 11.6. The summed E-state index contributed by atoms with van der Waals surface area (Å²) in [5.74, 6) is 1.85. The third-order valence-corrected chi connectivity index (χ3v) is 7.86. The number of carbonyl (C=O) groups excluding carboxylic acids is 1. The number of aryl methyl sites for hydroxylation is 1. The van der Waals surface area contributed by atoms with Gasteiger partial charge in [0.05, 0.1) is 12.2 Å². The lowest BCUT2D eigenvalue weighted by molar-refractivity contribution is -0.137. The first-order chi connectivity index (χ1) is 18.1. The topological polar surface area (TPSA) is 90.6 Å². The van der Waals surface area contributed by atoms with Crippen molar-refractivity contribution in [2.24, 2.45) is 7.05 Å². The summed E-state index contributed by atoms with van der Waals surface area (Å²) in [4.78, 5) is 33.3. The van der Waals surface area contributed by atoms with E-state index in [9.17, 15) is 9.90 Å². The Hall–Kier alpha value is -3.30. The van der Waals surface area contributed by atoms with E-state index in [0.29, 0.717) is 38.2 Å². The summed E-state index contributed by atoms with van der Waals surface area (Å²) in [6.45, 7) is 11.3. The van der Waals surface area contributed by atoms with Crippen molar-refractivity contribution in [2.45, 2.75) is 44.6 Å². The molecule has 0 atom stereocenters. The Labute approximate surface area is 225 Å². The number of amides is 1. The predicted molar refractivity (Wildman–Crippen MR) is 148 cm³/mol. The summed E-state index contributed by atoms with van der Waals surface area (Å²) in [6, 6.07) is 10.0. The smallest absolute Gasteiger partial charge is 0.236 e. The summed E-state index contributed by atoms with van der Waals surface area (Å²) >= 11 is 0. The summed E-state index contributed by atoms with van der Waals surface area (Å²) in [5, 5.41) is 11.5. The van der Waals surface area contributed by atoms with Crippen molar-refractivity contribution in [1.29, 1.82) is 0 Å².